The molecule has 0 bridgehead atoms. The Morgan fingerprint density at radius 3 is 2.75 bits per heavy atom. The van der Waals surface area contributed by atoms with Crippen molar-refractivity contribution in [1.82, 2.24) is 5.32 Å². The molecule has 24 heavy (non-hydrogen) atoms. The van der Waals surface area contributed by atoms with Crippen molar-refractivity contribution in [2.45, 2.75) is 32.2 Å². The average molecular weight is 378 g/mol. The number of rotatable bonds is 7. The largest absolute Gasteiger partial charge is 0.494 e. The van der Waals surface area contributed by atoms with Gasteiger partial charge >= 0.3 is 0 Å². The molecule has 1 aromatic rings. The number of hydrogen-bond donors (Lipinski definition) is 3. The molecule has 1 saturated heterocycles. The van der Waals surface area contributed by atoms with Crippen LogP contribution in [0.2, 0.25) is 0 Å². The summed E-state index contributed by atoms with van der Waals surface area (Å²) in [5, 5.41) is 6.09. The maximum atomic E-state index is 12.0. The van der Waals surface area contributed by atoms with Crippen LogP contribution in [0.1, 0.15) is 26.2 Å². The third-order valence-corrected chi connectivity index (χ3v) is 5.02. The minimum absolute atomic E-state index is 0. The Hall–Kier alpha value is -1.51. The zero-order chi connectivity index (χ0) is 16.9. The summed E-state index contributed by atoms with van der Waals surface area (Å²) in [4.78, 5) is 12.0. The monoisotopic (exact) mass is 377 g/mol. The summed E-state index contributed by atoms with van der Waals surface area (Å²) < 4.78 is 31.0. The second kappa shape index (κ2) is 9.10. The molecule has 9 heteroatoms. The number of methoxy groups -OCH3 is 1. The van der Waals surface area contributed by atoms with Crippen LogP contribution in [0, 0.1) is 0 Å². The van der Waals surface area contributed by atoms with E-state index in [1.54, 1.807) is 25.1 Å². The number of benzene rings is 1. The number of carbonyl (C=O) groups is 1. The standard InChI is InChI=1S/C15H23N3O4S.ClH/c1-3-23(20,21)18-13-7-6-12(9-14(13)22-2)17-15(19)10-11-5-4-8-16-11;/h6-7,9,11,16,18H,3-5,8,10H2,1-2H3,(H,17,19);1H. The fraction of sp³-hybridized carbons (Fsp3) is 0.533. The molecule has 1 aliphatic heterocycles. The first-order valence-electron chi connectivity index (χ1n) is 7.65. The van der Waals surface area contributed by atoms with Crippen molar-refractivity contribution >= 4 is 39.7 Å². The minimum atomic E-state index is -3.38. The second-order valence-electron chi connectivity index (χ2n) is 5.47. The van der Waals surface area contributed by atoms with Crippen molar-refractivity contribution in [3.63, 3.8) is 0 Å². The maximum absolute atomic E-state index is 12.0. The summed E-state index contributed by atoms with van der Waals surface area (Å²) in [5.41, 5.74) is 0.925. The zero-order valence-corrected chi connectivity index (χ0v) is 15.4. The first-order chi connectivity index (χ1) is 10.9. The Kier molecular flexibility index (Phi) is 7.78. The van der Waals surface area contributed by atoms with E-state index in [1.165, 1.54) is 7.11 Å². The lowest BCUT2D eigenvalue weighted by atomic mass is 10.1. The van der Waals surface area contributed by atoms with Crippen LogP contribution in [-0.2, 0) is 14.8 Å². The van der Waals surface area contributed by atoms with Gasteiger partial charge in [0.1, 0.15) is 5.75 Å². The Labute approximate surface area is 149 Å². The van der Waals surface area contributed by atoms with Gasteiger partial charge in [0, 0.05) is 24.2 Å². The van der Waals surface area contributed by atoms with Crippen molar-refractivity contribution in [2.24, 2.45) is 0 Å². The highest BCUT2D eigenvalue weighted by atomic mass is 35.5. The smallest absolute Gasteiger partial charge is 0.232 e. The predicted molar refractivity (Wildman–Crippen MR) is 97.6 cm³/mol. The molecular formula is C15H24ClN3O4S. The minimum Gasteiger partial charge on any atom is -0.494 e. The number of sulfonamides is 1. The van der Waals surface area contributed by atoms with E-state index in [0.717, 1.165) is 19.4 Å². The fourth-order valence-corrected chi connectivity index (χ4v) is 3.11. The third-order valence-electron chi connectivity index (χ3n) is 3.72. The van der Waals surface area contributed by atoms with Crippen LogP contribution in [0.5, 0.6) is 5.75 Å². The number of anilines is 2. The zero-order valence-electron chi connectivity index (χ0n) is 13.8. The molecule has 0 spiro atoms. The summed E-state index contributed by atoms with van der Waals surface area (Å²) in [6, 6.07) is 5.06. The highest BCUT2D eigenvalue weighted by molar-refractivity contribution is 7.92. The summed E-state index contributed by atoms with van der Waals surface area (Å²) in [6.45, 7) is 2.51. The Morgan fingerprint density at radius 1 is 1.42 bits per heavy atom. The average Bonchev–Trinajstić information content (AvgIpc) is 3.01. The number of halogens is 1. The Morgan fingerprint density at radius 2 is 2.17 bits per heavy atom. The van der Waals surface area contributed by atoms with Crippen molar-refractivity contribution < 1.29 is 17.9 Å². The number of ether oxygens (including phenoxy) is 1. The highest BCUT2D eigenvalue weighted by Crippen LogP contribution is 2.29. The molecule has 1 aromatic carbocycles. The number of nitrogens with one attached hydrogen (secondary N) is 3. The van der Waals surface area contributed by atoms with Gasteiger partial charge in [0.2, 0.25) is 15.9 Å². The lowest BCUT2D eigenvalue weighted by Crippen LogP contribution is -2.27. The van der Waals surface area contributed by atoms with Crippen LogP contribution in [0.3, 0.4) is 0 Å². The molecule has 136 valence electrons. The Balaban J connectivity index is 0.00000288. The van der Waals surface area contributed by atoms with Gasteiger partial charge in [0.05, 0.1) is 18.6 Å². The second-order valence-corrected chi connectivity index (χ2v) is 7.48. The normalized spacial score (nSPS) is 17.0. The number of hydrogen-bond acceptors (Lipinski definition) is 5. The topological polar surface area (TPSA) is 96.5 Å². The van der Waals surface area contributed by atoms with E-state index in [1.807, 2.05) is 0 Å². The van der Waals surface area contributed by atoms with Crippen molar-refractivity contribution in [3.8, 4) is 5.75 Å². The number of carbonyl (C=O) groups excluding carboxylic acids is 1. The first kappa shape index (κ1) is 20.5. The molecule has 3 N–H and O–H groups in total. The molecule has 0 aromatic heterocycles. The van der Waals surface area contributed by atoms with Crippen LogP contribution in [0.25, 0.3) is 0 Å². The van der Waals surface area contributed by atoms with Gasteiger partial charge in [0.15, 0.2) is 0 Å². The Bertz CT molecular complexity index is 661. The maximum Gasteiger partial charge on any atom is 0.232 e. The molecule has 1 unspecified atom stereocenters. The molecule has 7 nitrogen and oxygen atoms in total. The van der Waals surface area contributed by atoms with Gasteiger partial charge in [-0.2, -0.15) is 0 Å². The summed E-state index contributed by atoms with van der Waals surface area (Å²) in [6.07, 6.45) is 2.53. The van der Waals surface area contributed by atoms with E-state index in [2.05, 4.69) is 15.4 Å². The van der Waals surface area contributed by atoms with E-state index in [0.29, 0.717) is 23.5 Å². The van der Waals surface area contributed by atoms with Gasteiger partial charge in [-0.3, -0.25) is 9.52 Å². The molecule has 0 radical (unpaired) electrons. The van der Waals surface area contributed by atoms with E-state index in [9.17, 15) is 13.2 Å². The van der Waals surface area contributed by atoms with Crippen LogP contribution >= 0.6 is 12.4 Å². The lowest BCUT2D eigenvalue weighted by Gasteiger charge is -2.14. The van der Waals surface area contributed by atoms with Crippen LogP contribution < -0.4 is 20.1 Å². The van der Waals surface area contributed by atoms with Crippen LogP contribution in [0.4, 0.5) is 11.4 Å². The summed E-state index contributed by atoms with van der Waals surface area (Å²) >= 11 is 0. The molecule has 2 rings (SSSR count). The molecule has 0 aliphatic carbocycles. The van der Waals surface area contributed by atoms with Crippen molar-refractivity contribution in [3.05, 3.63) is 18.2 Å². The fourth-order valence-electron chi connectivity index (χ4n) is 2.46. The van der Waals surface area contributed by atoms with Crippen LogP contribution in [-0.4, -0.2) is 39.8 Å². The molecule has 1 amide bonds. The molecule has 1 heterocycles. The lowest BCUT2D eigenvalue weighted by molar-refractivity contribution is -0.116. The van der Waals surface area contributed by atoms with E-state index >= 15 is 0 Å². The van der Waals surface area contributed by atoms with E-state index < -0.39 is 10.0 Å². The van der Waals surface area contributed by atoms with Gasteiger partial charge in [0.25, 0.3) is 0 Å². The SMILES string of the molecule is CCS(=O)(=O)Nc1ccc(NC(=O)CC2CCCN2)cc1OC.Cl. The molecule has 1 fully saturated rings. The van der Waals surface area contributed by atoms with Crippen LogP contribution in [0.15, 0.2) is 18.2 Å². The van der Waals surface area contributed by atoms with Gasteiger partial charge in [-0.05, 0) is 38.4 Å². The predicted octanol–water partition coefficient (Wildman–Crippen LogP) is 1.96. The third kappa shape index (κ3) is 5.85. The van der Waals surface area contributed by atoms with Gasteiger partial charge in [-0.1, -0.05) is 0 Å². The summed E-state index contributed by atoms with van der Waals surface area (Å²) in [5.74, 6) is 0.260. The molecule has 1 aliphatic rings. The highest BCUT2D eigenvalue weighted by Gasteiger charge is 2.18. The van der Waals surface area contributed by atoms with E-state index in [-0.39, 0.29) is 30.1 Å². The molecular weight excluding hydrogens is 354 g/mol. The quantitative estimate of drug-likeness (QED) is 0.675. The first-order valence-corrected chi connectivity index (χ1v) is 9.30. The van der Waals surface area contributed by atoms with E-state index in [4.69, 9.17) is 4.74 Å². The molecule has 0 saturated carbocycles. The summed E-state index contributed by atoms with van der Waals surface area (Å²) in [7, 11) is -1.93. The van der Waals surface area contributed by atoms with Crippen molar-refractivity contribution in [1.29, 1.82) is 0 Å². The van der Waals surface area contributed by atoms with Crippen molar-refractivity contribution in [2.75, 3.05) is 29.4 Å². The van der Waals surface area contributed by atoms with Gasteiger partial charge < -0.3 is 15.4 Å². The number of amides is 1. The van der Waals surface area contributed by atoms with Gasteiger partial charge in [-0.25, -0.2) is 8.42 Å². The van der Waals surface area contributed by atoms with Gasteiger partial charge in [-0.15, -0.1) is 12.4 Å². The molecule has 1 atom stereocenters.